The van der Waals surface area contributed by atoms with Crippen LogP contribution in [-0.4, -0.2) is 6.04 Å². The first-order valence-corrected chi connectivity index (χ1v) is 7.94. The maximum atomic E-state index is 5.93. The number of hydrogen-bond donors (Lipinski definition) is 1. The quantitative estimate of drug-likeness (QED) is 0.868. The van der Waals surface area contributed by atoms with Crippen molar-refractivity contribution in [2.75, 3.05) is 0 Å². The van der Waals surface area contributed by atoms with Crippen LogP contribution in [0.3, 0.4) is 0 Å². The highest BCUT2D eigenvalue weighted by atomic mass is 79.9. The van der Waals surface area contributed by atoms with Crippen molar-refractivity contribution in [3.8, 4) is 0 Å². The molecular formula is C16H18BrNS. The molecule has 3 heteroatoms. The summed E-state index contributed by atoms with van der Waals surface area (Å²) in [6, 6.07) is 15.1. The summed E-state index contributed by atoms with van der Waals surface area (Å²) < 4.78 is 1.11. The molecule has 0 aliphatic rings. The molecule has 0 heterocycles. The van der Waals surface area contributed by atoms with E-state index in [9.17, 15) is 0 Å². The number of hydrogen-bond acceptors (Lipinski definition) is 2. The fourth-order valence-corrected chi connectivity index (χ4v) is 3.52. The molecule has 1 atom stereocenters. The Morgan fingerprint density at radius 3 is 2.58 bits per heavy atom. The summed E-state index contributed by atoms with van der Waals surface area (Å²) in [4.78, 5) is 2.58. The Hall–Kier alpha value is -0.770. The van der Waals surface area contributed by atoms with Gasteiger partial charge in [-0.3, -0.25) is 0 Å². The maximum Gasteiger partial charge on any atom is 0.0186 e. The van der Waals surface area contributed by atoms with Crippen LogP contribution >= 0.6 is 27.7 Å². The number of rotatable bonds is 4. The van der Waals surface area contributed by atoms with Crippen LogP contribution in [0.5, 0.6) is 0 Å². The van der Waals surface area contributed by atoms with E-state index in [4.69, 9.17) is 5.73 Å². The lowest BCUT2D eigenvalue weighted by Gasteiger charge is -2.13. The molecule has 2 rings (SSSR count). The summed E-state index contributed by atoms with van der Waals surface area (Å²) in [5.74, 6) is 0. The summed E-state index contributed by atoms with van der Waals surface area (Å²) in [5.41, 5.74) is 8.55. The molecule has 0 bridgehead atoms. The van der Waals surface area contributed by atoms with E-state index in [1.807, 2.05) is 18.7 Å². The van der Waals surface area contributed by atoms with Gasteiger partial charge in [-0.2, -0.15) is 0 Å². The molecule has 2 aromatic carbocycles. The summed E-state index contributed by atoms with van der Waals surface area (Å²) in [6.07, 6.45) is 0.904. The van der Waals surface area contributed by atoms with Crippen molar-refractivity contribution in [2.45, 2.75) is 36.1 Å². The molecule has 0 spiro atoms. The number of benzene rings is 2. The number of aryl methyl sites for hydroxylation is 1. The summed E-state index contributed by atoms with van der Waals surface area (Å²) >= 11 is 5.36. The highest BCUT2D eigenvalue weighted by Crippen LogP contribution is 2.34. The van der Waals surface area contributed by atoms with Gasteiger partial charge in [0.2, 0.25) is 0 Å². The van der Waals surface area contributed by atoms with Crippen LogP contribution in [0.4, 0.5) is 0 Å². The van der Waals surface area contributed by atoms with E-state index in [-0.39, 0.29) is 6.04 Å². The van der Waals surface area contributed by atoms with E-state index in [0.717, 1.165) is 10.9 Å². The van der Waals surface area contributed by atoms with Crippen molar-refractivity contribution < 1.29 is 0 Å². The molecule has 0 radical (unpaired) electrons. The fraction of sp³-hybridized carbons (Fsp3) is 0.250. The minimum Gasteiger partial charge on any atom is -0.328 e. The molecule has 0 aliphatic carbocycles. The van der Waals surface area contributed by atoms with E-state index < -0.39 is 0 Å². The molecule has 1 nitrogen and oxygen atoms in total. The largest absolute Gasteiger partial charge is 0.328 e. The molecule has 0 saturated carbocycles. The van der Waals surface area contributed by atoms with Gasteiger partial charge in [0.1, 0.15) is 0 Å². The van der Waals surface area contributed by atoms with Gasteiger partial charge >= 0.3 is 0 Å². The molecule has 100 valence electrons. The normalized spacial score (nSPS) is 12.4. The second kappa shape index (κ2) is 6.60. The van der Waals surface area contributed by atoms with Crippen molar-refractivity contribution in [3.63, 3.8) is 0 Å². The third-order valence-electron chi connectivity index (χ3n) is 2.88. The Labute approximate surface area is 127 Å². The fourth-order valence-electron chi connectivity index (χ4n) is 1.93. The van der Waals surface area contributed by atoms with Gasteiger partial charge < -0.3 is 5.73 Å². The predicted molar refractivity (Wildman–Crippen MR) is 86.8 cm³/mol. The number of halogens is 1. The smallest absolute Gasteiger partial charge is 0.0186 e. The molecule has 0 aromatic heterocycles. The topological polar surface area (TPSA) is 26.0 Å². The zero-order valence-electron chi connectivity index (χ0n) is 11.2. The Bertz CT molecular complexity index is 566. The molecule has 0 fully saturated rings. The Balaban J connectivity index is 2.33. The lowest BCUT2D eigenvalue weighted by Crippen LogP contribution is -2.18. The average Bonchev–Trinajstić information content (AvgIpc) is 2.35. The molecule has 1 unspecified atom stereocenters. The molecule has 19 heavy (non-hydrogen) atoms. The third kappa shape index (κ3) is 4.10. The standard InChI is InChI=1S/C16H18BrNS/c1-11-5-3-4-6-15(11)19-16-10-14(17)8-7-13(16)9-12(2)18/h3-8,10,12H,9,18H2,1-2H3. The SMILES string of the molecule is Cc1ccccc1Sc1cc(Br)ccc1CC(C)N. The Kier molecular flexibility index (Phi) is 5.08. The lowest BCUT2D eigenvalue weighted by molar-refractivity contribution is 0.729. The Morgan fingerprint density at radius 1 is 1.16 bits per heavy atom. The molecule has 2 N–H and O–H groups in total. The van der Waals surface area contributed by atoms with Crippen molar-refractivity contribution in [2.24, 2.45) is 5.73 Å². The van der Waals surface area contributed by atoms with E-state index in [0.29, 0.717) is 0 Å². The van der Waals surface area contributed by atoms with Crippen LogP contribution in [-0.2, 0) is 6.42 Å². The zero-order chi connectivity index (χ0) is 13.8. The van der Waals surface area contributed by atoms with Crippen molar-refractivity contribution in [3.05, 3.63) is 58.1 Å². The molecule has 2 aromatic rings. The summed E-state index contributed by atoms with van der Waals surface area (Å²) in [7, 11) is 0. The van der Waals surface area contributed by atoms with E-state index in [1.165, 1.54) is 20.9 Å². The highest BCUT2D eigenvalue weighted by molar-refractivity contribution is 9.10. The Morgan fingerprint density at radius 2 is 1.89 bits per heavy atom. The van der Waals surface area contributed by atoms with E-state index in [1.54, 1.807) is 0 Å². The summed E-state index contributed by atoms with van der Waals surface area (Å²) in [5, 5.41) is 0. The molecule has 0 amide bonds. The first-order valence-electron chi connectivity index (χ1n) is 6.34. The minimum absolute atomic E-state index is 0.178. The minimum atomic E-state index is 0.178. The van der Waals surface area contributed by atoms with Gasteiger partial charge in [0.25, 0.3) is 0 Å². The van der Waals surface area contributed by atoms with Crippen LogP contribution in [0.25, 0.3) is 0 Å². The predicted octanol–water partition coefficient (Wildman–Crippen LogP) is 4.80. The monoisotopic (exact) mass is 335 g/mol. The first-order chi connectivity index (χ1) is 9.06. The third-order valence-corrected chi connectivity index (χ3v) is 4.66. The molecular weight excluding hydrogens is 318 g/mol. The second-order valence-corrected chi connectivity index (χ2v) is 6.80. The van der Waals surface area contributed by atoms with Crippen LogP contribution in [0.2, 0.25) is 0 Å². The molecule has 0 saturated heterocycles. The molecule has 0 aliphatic heterocycles. The zero-order valence-corrected chi connectivity index (χ0v) is 13.6. The van der Waals surface area contributed by atoms with Gasteiger partial charge in [-0.1, -0.05) is 52.0 Å². The van der Waals surface area contributed by atoms with Crippen molar-refractivity contribution >= 4 is 27.7 Å². The van der Waals surface area contributed by atoms with Crippen molar-refractivity contribution in [1.29, 1.82) is 0 Å². The van der Waals surface area contributed by atoms with E-state index >= 15 is 0 Å². The van der Waals surface area contributed by atoms with Gasteiger partial charge in [-0.15, -0.1) is 0 Å². The maximum absolute atomic E-state index is 5.93. The van der Waals surface area contributed by atoms with Crippen LogP contribution < -0.4 is 5.73 Å². The van der Waals surface area contributed by atoms with Crippen LogP contribution in [0.1, 0.15) is 18.1 Å². The highest BCUT2D eigenvalue weighted by Gasteiger charge is 2.08. The van der Waals surface area contributed by atoms with Gasteiger partial charge in [0.05, 0.1) is 0 Å². The van der Waals surface area contributed by atoms with Gasteiger partial charge in [-0.25, -0.2) is 0 Å². The number of nitrogens with two attached hydrogens (primary N) is 1. The van der Waals surface area contributed by atoms with Crippen LogP contribution in [0, 0.1) is 6.92 Å². The summed E-state index contributed by atoms with van der Waals surface area (Å²) in [6.45, 7) is 4.19. The van der Waals surface area contributed by atoms with Gasteiger partial charge in [-0.05, 0) is 49.6 Å². The van der Waals surface area contributed by atoms with Gasteiger partial charge in [0.15, 0.2) is 0 Å². The van der Waals surface area contributed by atoms with E-state index in [2.05, 4.69) is 65.3 Å². The second-order valence-electron chi connectivity index (χ2n) is 4.80. The lowest BCUT2D eigenvalue weighted by atomic mass is 10.1. The van der Waals surface area contributed by atoms with Crippen molar-refractivity contribution in [1.82, 2.24) is 0 Å². The van der Waals surface area contributed by atoms with Crippen LogP contribution in [0.15, 0.2) is 56.7 Å². The first kappa shape index (κ1) is 14.6. The van der Waals surface area contributed by atoms with Gasteiger partial charge in [0, 0.05) is 20.3 Å². The average molecular weight is 336 g/mol.